The minimum absolute atomic E-state index is 0.659. The van der Waals surface area contributed by atoms with E-state index in [-0.39, 0.29) is 0 Å². The third kappa shape index (κ3) is 5.77. The predicted octanol–water partition coefficient (Wildman–Crippen LogP) is 2.12. The summed E-state index contributed by atoms with van der Waals surface area (Å²) in [5.41, 5.74) is 0. The summed E-state index contributed by atoms with van der Waals surface area (Å²) in [5, 5.41) is 0. The van der Waals surface area contributed by atoms with Crippen LogP contribution in [0.3, 0.4) is 0 Å². The van der Waals surface area contributed by atoms with Crippen LogP contribution in [0.25, 0.3) is 0 Å². The number of nitrogens with zero attached hydrogens (tertiary/aromatic N) is 1. The maximum Gasteiger partial charge on any atom is 0.0983 e. The van der Waals surface area contributed by atoms with E-state index < -0.39 is 11.0 Å². The van der Waals surface area contributed by atoms with E-state index in [9.17, 15) is 4.21 Å². The molecular formula is C12H23NO2S. The molecule has 0 aliphatic carbocycles. The third-order valence-corrected chi connectivity index (χ3v) is 4.06. The van der Waals surface area contributed by atoms with Crippen LogP contribution in [0.1, 0.15) is 32.6 Å². The first-order valence-corrected chi connectivity index (χ1v) is 7.48. The zero-order valence-corrected chi connectivity index (χ0v) is 11.0. The van der Waals surface area contributed by atoms with Gasteiger partial charge in [0.15, 0.2) is 0 Å². The highest BCUT2D eigenvalue weighted by atomic mass is 32.2. The fourth-order valence-corrected chi connectivity index (χ4v) is 2.70. The van der Waals surface area contributed by atoms with Crippen molar-refractivity contribution in [1.29, 1.82) is 0 Å². The van der Waals surface area contributed by atoms with E-state index in [2.05, 4.69) is 19.1 Å². The molecule has 1 aliphatic heterocycles. The number of rotatable bonds is 7. The first kappa shape index (κ1) is 13.9. The Morgan fingerprint density at radius 2 is 2.00 bits per heavy atom. The molecule has 0 aromatic carbocycles. The van der Waals surface area contributed by atoms with Gasteiger partial charge in [-0.3, -0.25) is 0 Å². The van der Waals surface area contributed by atoms with Crippen LogP contribution in [0.5, 0.6) is 0 Å². The molecule has 0 aromatic rings. The van der Waals surface area contributed by atoms with Crippen LogP contribution < -0.4 is 0 Å². The van der Waals surface area contributed by atoms with Gasteiger partial charge < -0.3 is 4.74 Å². The van der Waals surface area contributed by atoms with Crippen molar-refractivity contribution in [2.45, 2.75) is 32.6 Å². The Morgan fingerprint density at radius 1 is 1.25 bits per heavy atom. The molecule has 0 aromatic heterocycles. The number of ether oxygens (including phenoxy) is 1. The molecule has 16 heavy (non-hydrogen) atoms. The normalized spacial score (nSPS) is 20.3. The Balaban J connectivity index is 2.08. The molecule has 4 heteroatoms. The molecule has 1 fully saturated rings. The Hall–Kier alpha value is -0.190. The van der Waals surface area contributed by atoms with Crippen LogP contribution >= 0.6 is 0 Å². The fraction of sp³-hybridized carbons (Fsp3) is 0.833. The molecule has 1 rings (SSSR count). The van der Waals surface area contributed by atoms with Crippen LogP contribution in [0.15, 0.2) is 12.2 Å². The van der Waals surface area contributed by atoms with E-state index in [1.54, 1.807) is 0 Å². The fourth-order valence-electron chi connectivity index (χ4n) is 1.64. The van der Waals surface area contributed by atoms with E-state index in [1.807, 2.05) is 4.31 Å². The summed E-state index contributed by atoms with van der Waals surface area (Å²) in [4.78, 5) is 0. The topological polar surface area (TPSA) is 29.5 Å². The average Bonchev–Trinajstić information content (AvgIpc) is 2.34. The lowest BCUT2D eigenvalue weighted by atomic mass is 10.2. The van der Waals surface area contributed by atoms with E-state index >= 15 is 0 Å². The quantitative estimate of drug-likeness (QED) is 0.508. The Labute approximate surface area is 101 Å². The summed E-state index contributed by atoms with van der Waals surface area (Å²) in [6, 6.07) is 0. The van der Waals surface area contributed by atoms with Crippen molar-refractivity contribution < 1.29 is 8.95 Å². The van der Waals surface area contributed by atoms with Crippen LogP contribution in [0.4, 0.5) is 0 Å². The van der Waals surface area contributed by atoms with Crippen molar-refractivity contribution in [3.05, 3.63) is 12.2 Å². The van der Waals surface area contributed by atoms with E-state index in [0.717, 1.165) is 19.5 Å². The molecule has 1 aliphatic rings. The van der Waals surface area contributed by atoms with Crippen molar-refractivity contribution in [2.24, 2.45) is 0 Å². The number of unbranched alkanes of at least 4 members (excludes halogenated alkanes) is 3. The summed E-state index contributed by atoms with van der Waals surface area (Å²) < 4.78 is 19.0. The molecule has 3 nitrogen and oxygen atoms in total. The Kier molecular flexibility index (Phi) is 7.72. The zero-order chi connectivity index (χ0) is 11.6. The highest BCUT2D eigenvalue weighted by Crippen LogP contribution is 2.03. The number of hydrogen-bond acceptors (Lipinski definition) is 2. The number of hydrogen-bond donors (Lipinski definition) is 0. The van der Waals surface area contributed by atoms with E-state index in [0.29, 0.717) is 19.0 Å². The monoisotopic (exact) mass is 245 g/mol. The Bertz CT molecular complexity index is 225. The van der Waals surface area contributed by atoms with Gasteiger partial charge in [0.05, 0.1) is 30.0 Å². The van der Waals surface area contributed by atoms with Gasteiger partial charge in [-0.25, -0.2) is 8.51 Å². The van der Waals surface area contributed by atoms with Gasteiger partial charge in [0.2, 0.25) is 0 Å². The van der Waals surface area contributed by atoms with Crippen LogP contribution in [-0.2, 0) is 15.7 Å². The molecule has 0 N–H and O–H groups in total. The molecule has 94 valence electrons. The summed E-state index contributed by atoms with van der Waals surface area (Å²) in [7, 11) is -0.847. The second-order valence-corrected chi connectivity index (χ2v) is 5.49. The van der Waals surface area contributed by atoms with Crippen LogP contribution in [-0.4, -0.2) is 40.6 Å². The number of morpholine rings is 1. The maximum atomic E-state index is 11.8. The second kappa shape index (κ2) is 8.90. The Morgan fingerprint density at radius 3 is 2.69 bits per heavy atom. The molecule has 0 amide bonds. The van der Waals surface area contributed by atoms with Crippen molar-refractivity contribution >= 4 is 11.0 Å². The smallest absolute Gasteiger partial charge is 0.0983 e. The maximum absolute atomic E-state index is 11.8. The highest BCUT2D eigenvalue weighted by molar-refractivity contribution is 7.82. The molecule has 0 bridgehead atoms. The molecule has 0 spiro atoms. The number of allylic oxidation sites excluding steroid dienone is 1. The van der Waals surface area contributed by atoms with Crippen molar-refractivity contribution in [3.8, 4) is 0 Å². The van der Waals surface area contributed by atoms with Gasteiger partial charge >= 0.3 is 0 Å². The van der Waals surface area contributed by atoms with Crippen LogP contribution in [0, 0.1) is 0 Å². The lowest BCUT2D eigenvalue weighted by molar-refractivity contribution is 0.0753. The third-order valence-electron chi connectivity index (χ3n) is 2.64. The van der Waals surface area contributed by atoms with E-state index in [4.69, 9.17) is 4.74 Å². The van der Waals surface area contributed by atoms with Crippen molar-refractivity contribution in [3.63, 3.8) is 0 Å². The van der Waals surface area contributed by atoms with Crippen molar-refractivity contribution in [1.82, 2.24) is 4.31 Å². The summed E-state index contributed by atoms with van der Waals surface area (Å²) in [5.74, 6) is 0.659. The van der Waals surface area contributed by atoms with Gasteiger partial charge in [-0.1, -0.05) is 31.9 Å². The first-order valence-electron chi connectivity index (χ1n) is 6.20. The lowest BCUT2D eigenvalue weighted by Gasteiger charge is -2.24. The molecule has 0 radical (unpaired) electrons. The minimum atomic E-state index is -0.847. The van der Waals surface area contributed by atoms with Gasteiger partial charge in [-0.2, -0.15) is 0 Å². The summed E-state index contributed by atoms with van der Waals surface area (Å²) >= 11 is 0. The molecule has 1 unspecified atom stereocenters. The highest BCUT2D eigenvalue weighted by Gasteiger charge is 2.14. The van der Waals surface area contributed by atoms with Gasteiger partial charge in [-0.15, -0.1) is 0 Å². The van der Waals surface area contributed by atoms with Gasteiger partial charge in [0.25, 0.3) is 0 Å². The van der Waals surface area contributed by atoms with Gasteiger partial charge in [-0.05, 0) is 12.8 Å². The van der Waals surface area contributed by atoms with Crippen molar-refractivity contribution in [2.75, 3.05) is 32.1 Å². The molecule has 1 saturated heterocycles. The van der Waals surface area contributed by atoms with Gasteiger partial charge in [0, 0.05) is 13.1 Å². The molecular weight excluding hydrogens is 222 g/mol. The SMILES string of the molecule is CCCCC/C=C/CS(=O)N1CCOCC1. The average molecular weight is 245 g/mol. The standard InChI is InChI=1S/C12H23NO2S/c1-2-3-4-5-6-7-12-16(14)13-8-10-15-11-9-13/h6-7H,2-5,8-12H2,1H3/b7-6+. The zero-order valence-electron chi connectivity index (χ0n) is 10.2. The van der Waals surface area contributed by atoms with Gasteiger partial charge in [0.1, 0.15) is 0 Å². The summed E-state index contributed by atoms with van der Waals surface area (Å²) in [6.07, 6.45) is 9.13. The minimum Gasteiger partial charge on any atom is -0.379 e. The second-order valence-electron chi connectivity index (χ2n) is 4.00. The van der Waals surface area contributed by atoms with Crippen LogP contribution in [0.2, 0.25) is 0 Å². The summed E-state index contributed by atoms with van der Waals surface area (Å²) in [6.45, 7) is 5.24. The first-order chi connectivity index (χ1) is 7.84. The molecule has 0 saturated carbocycles. The lowest BCUT2D eigenvalue weighted by Crippen LogP contribution is -2.38. The largest absolute Gasteiger partial charge is 0.379 e. The molecule has 1 atom stereocenters. The molecule has 1 heterocycles. The van der Waals surface area contributed by atoms with E-state index in [1.165, 1.54) is 19.3 Å². The predicted molar refractivity (Wildman–Crippen MR) is 68.7 cm³/mol.